The molecule has 0 atom stereocenters. The molecular weight excluding hydrogens is 241 g/mol. The molecule has 0 radical (unpaired) electrons. The fourth-order valence-electron chi connectivity index (χ4n) is 1.57. The van der Waals surface area contributed by atoms with Crippen molar-refractivity contribution in [3.8, 4) is 0 Å². The van der Waals surface area contributed by atoms with Crippen LogP contribution >= 0.6 is 0 Å². The van der Waals surface area contributed by atoms with E-state index in [-0.39, 0.29) is 11.1 Å². The molecule has 0 heterocycles. The van der Waals surface area contributed by atoms with Crippen LogP contribution in [0, 0.1) is 11.2 Å². The second kappa shape index (κ2) is 4.64. The van der Waals surface area contributed by atoms with Gasteiger partial charge in [-0.25, -0.2) is 12.8 Å². The summed E-state index contributed by atoms with van der Waals surface area (Å²) in [4.78, 5) is 0. The highest BCUT2D eigenvalue weighted by atomic mass is 32.2. The maximum Gasteiger partial charge on any atom is 0.229 e. The number of benzene rings is 1. The molecule has 0 spiro atoms. The van der Waals surface area contributed by atoms with Gasteiger partial charge in [0.1, 0.15) is 5.82 Å². The van der Waals surface area contributed by atoms with E-state index in [0.29, 0.717) is 0 Å². The average Bonchev–Trinajstić information content (AvgIpc) is 2.05. The van der Waals surface area contributed by atoms with Gasteiger partial charge >= 0.3 is 0 Å². The molecule has 3 nitrogen and oxygen atoms in total. The molecule has 17 heavy (non-hydrogen) atoms. The zero-order valence-electron chi connectivity index (χ0n) is 10.5. The van der Waals surface area contributed by atoms with Crippen molar-refractivity contribution in [2.75, 3.05) is 11.0 Å². The first-order valence-electron chi connectivity index (χ1n) is 5.33. The van der Waals surface area contributed by atoms with Crippen LogP contribution in [0.25, 0.3) is 0 Å². The monoisotopic (exact) mass is 259 g/mol. The normalized spacial score (nSPS) is 12.5. The summed E-state index contributed by atoms with van der Waals surface area (Å²) in [5.74, 6) is -0.562. The van der Waals surface area contributed by atoms with Crippen molar-refractivity contribution in [2.24, 2.45) is 5.41 Å². The topological polar surface area (TPSA) is 46.2 Å². The van der Waals surface area contributed by atoms with Crippen molar-refractivity contribution in [3.63, 3.8) is 0 Å². The van der Waals surface area contributed by atoms with E-state index in [1.807, 2.05) is 0 Å². The SMILES string of the molecule is CC(C)(C)Cc1ccc(F)c(NS(C)(=O)=O)c1. The molecule has 5 heteroatoms. The van der Waals surface area contributed by atoms with Gasteiger partial charge in [0, 0.05) is 0 Å². The molecule has 0 saturated carbocycles. The molecule has 0 fully saturated rings. The molecule has 1 aromatic carbocycles. The minimum absolute atomic E-state index is 0.00856. The Morgan fingerprint density at radius 2 is 1.88 bits per heavy atom. The van der Waals surface area contributed by atoms with E-state index in [0.717, 1.165) is 18.2 Å². The highest BCUT2D eigenvalue weighted by molar-refractivity contribution is 7.92. The lowest BCUT2D eigenvalue weighted by Gasteiger charge is -2.18. The summed E-state index contributed by atoms with van der Waals surface area (Å²) in [6, 6.07) is 4.50. The molecule has 0 aliphatic carbocycles. The molecule has 0 aromatic heterocycles. The largest absolute Gasteiger partial charge is 0.281 e. The Balaban J connectivity index is 3.03. The van der Waals surface area contributed by atoms with Crippen LogP contribution in [-0.4, -0.2) is 14.7 Å². The lowest BCUT2D eigenvalue weighted by atomic mass is 9.88. The third kappa shape index (κ3) is 5.17. The van der Waals surface area contributed by atoms with E-state index in [4.69, 9.17) is 0 Å². The summed E-state index contributed by atoms with van der Waals surface area (Å²) in [5, 5.41) is 0. The van der Waals surface area contributed by atoms with Crippen LogP contribution in [0.15, 0.2) is 18.2 Å². The summed E-state index contributed by atoms with van der Waals surface area (Å²) < 4.78 is 37.7. The van der Waals surface area contributed by atoms with E-state index in [1.165, 1.54) is 6.07 Å². The third-order valence-corrected chi connectivity index (χ3v) is 2.65. The van der Waals surface area contributed by atoms with Gasteiger partial charge < -0.3 is 0 Å². The van der Waals surface area contributed by atoms with Gasteiger partial charge in [0.05, 0.1) is 11.9 Å². The van der Waals surface area contributed by atoms with Gasteiger partial charge in [0.15, 0.2) is 0 Å². The van der Waals surface area contributed by atoms with Crippen LogP contribution in [0.2, 0.25) is 0 Å². The maximum atomic E-state index is 13.4. The molecule has 1 aromatic rings. The second-order valence-corrected chi connectivity index (χ2v) is 7.17. The van der Waals surface area contributed by atoms with Crippen LogP contribution in [0.5, 0.6) is 0 Å². The Hall–Kier alpha value is -1.10. The number of rotatable bonds is 3. The third-order valence-electron chi connectivity index (χ3n) is 2.06. The first kappa shape index (κ1) is 14.0. The van der Waals surface area contributed by atoms with Crippen LogP contribution < -0.4 is 4.72 Å². The Morgan fingerprint density at radius 3 is 2.35 bits per heavy atom. The summed E-state index contributed by atoms with van der Waals surface area (Å²) in [7, 11) is -3.45. The quantitative estimate of drug-likeness (QED) is 0.907. The zero-order chi connectivity index (χ0) is 13.3. The molecule has 0 unspecified atom stereocenters. The summed E-state index contributed by atoms with van der Waals surface area (Å²) in [5.41, 5.74) is 0.986. The van der Waals surface area contributed by atoms with Gasteiger partial charge in [-0.2, -0.15) is 0 Å². The van der Waals surface area contributed by atoms with Gasteiger partial charge in [0.25, 0.3) is 0 Å². The van der Waals surface area contributed by atoms with E-state index in [1.54, 1.807) is 12.1 Å². The lowest BCUT2D eigenvalue weighted by molar-refractivity contribution is 0.411. The number of sulfonamides is 1. The van der Waals surface area contributed by atoms with Crippen molar-refractivity contribution < 1.29 is 12.8 Å². The van der Waals surface area contributed by atoms with Crippen LogP contribution in [0.4, 0.5) is 10.1 Å². The van der Waals surface area contributed by atoms with Crippen LogP contribution in [0.3, 0.4) is 0 Å². The molecule has 0 amide bonds. The number of halogens is 1. The Bertz CT molecular complexity index is 504. The van der Waals surface area contributed by atoms with Gasteiger partial charge in [0.2, 0.25) is 10.0 Å². The van der Waals surface area contributed by atoms with E-state index in [9.17, 15) is 12.8 Å². The number of anilines is 1. The van der Waals surface area contributed by atoms with E-state index >= 15 is 0 Å². The number of hydrogen-bond donors (Lipinski definition) is 1. The number of nitrogens with one attached hydrogen (secondary N) is 1. The van der Waals surface area contributed by atoms with Gasteiger partial charge in [-0.3, -0.25) is 4.72 Å². The highest BCUT2D eigenvalue weighted by Gasteiger charge is 2.14. The molecule has 1 rings (SSSR count). The van der Waals surface area contributed by atoms with Crippen LogP contribution in [0.1, 0.15) is 26.3 Å². The minimum atomic E-state index is -3.45. The summed E-state index contributed by atoms with van der Waals surface area (Å²) in [6.45, 7) is 6.21. The van der Waals surface area contributed by atoms with E-state index in [2.05, 4.69) is 25.5 Å². The molecule has 0 aliphatic heterocycles. The Morgan fingerprint density at radius 1 is 1.29 bits per heavy atom. The zero-order valence-corrected chi connectivity index (χ0v) is 11.4. The van der Waals surface area contributed by atoms with Crippen molar-refractivity contribution in [3.05, 3.63) is 29.6 Å². The predicted octanol–water partition coefficient (Wildman–Crippen LogP) is 2.79. The van der Waals surface area contributed by atoms with Gasteiger partial charge in [-0.1, -0.05) is 26.8 Å². The molecular formula is C12H18FNO2S. The standard InChI is InChI=1S/C12H18FNO2S/c1-12(2,3)8-9-5-6-10(13)11(7-9)14-17(4,15)16/h5-7,14H,8H2,1-4H3. The fraction of sp³-hybridized carbons (Fsp3) is 0.500. The summed E-state index contributed by atoms with van der Waals surface area (Å²) >= 11 is 0. The second-order valence-electron chi connectivity index (χ2n) is 5.43. The molecule has 96 valence electrons. The van der Waals surface area contributed by atoms with Crippen molar-refractivity contribution in [1.29, 1.82) is 0 Å². The summed E-state index contributed by atoms with van der Waals surface area (Å²) in [6.07, 6.45) is 1.76. The molecule has 0 saturated heterocycles. The number of hydrogen-bond acceptors (Lipinski definition) is 2. The average molecular weight is 259 g/mol. The Kier molecular flexibility index (Phi) is 3.81. The minimum Gasteiger partial charge on any atom is -0.281 e. The van der Waals surface area contributed by atoms with Crippen LogP contribution in [-0.2, 0) is 16.4 Å². The predicted molar refractivity (Wildman–Crippen MR) is 68.0 cm³/mol. The lowest BCUT2D eigenvalue weighted by Crippen LogP contribution is -2.13. The first-order chi connectivity index (χ1) is 7.57. The van der Waals surface area contributed by atoms with Crippen molar-refractivity contribution in [2.45, 2.75) is 27.2 Å². The maximum absolute atomic E-state index is 13.4. The Labute approximate surface area is 102 Å². The van der Waals surface area contributed by atoms with E-state index < -0.39 is 15.8 Å². The van der Waals surface area contributed by atoms with Crippen molar-refractivity contribution >= 4 is 15.7 Å². The smallest absolute Gasteiger partial charge is 0.229 e. The first-order valence-corrected chi connectivity index (χ1v) is 7.22. The van der Waals surface area contributed by atoms with Gasteiger partial charge in [-0.15, -0.1) is 0 Å². The van der Waals surface area contributed by atoms with Gasteiger partial charge in [-0.05, 0) is 29.5 Å². The molecule has 0 bridgehead atoms. The fourth-order valence-corrected chi connectivity index (χ4v) is 2.13. The highest BCUT2D eigenvalue weighted by Crippen LogP contribution is 2.24. The molecule has 0 aliphatic rings. The molecule has 1 N–H and O–H groups in total. The van der Waals surface area contributed by atoms with Crippen molar-refractivity contribution in [1.82, 2.24) is 0 Å².